The summed E-state index contributed by atoms with van der Waals surface area (Å²) in [6.07, 6.45) is 3.29. The number of rotatable bonds is 8. The molecule has 0 unspecified atom stereocenters. The molecule has 31 heavy (non-hydrogen) atoms. The summed E-state index contributed by atoms with van der Waals surface area (Å²) in [4.78, 5) is 4.82. The molecule has 1 aliphatic rings. The van der Waals surface area contributed by atoms with Gasteiger partial charge in [-0.1, -0.05) is 80.4 Å². The van der Waals surface area contributed by atoms with Crippen LogP contribution in [0.5, 0.6) is 11.5 Å². The van der Waals surface area contributed by atoms with Crippen molar-refractivity contribution in [1.82, 2.24) is 0 Å². The van der Waals surface area contributed by atoms with E-state index in [0.29, 0.717) is 30.4 Å². The number of benzene rings is 3. The van der Waals surface area contributed by atoms with Crippen molar-refractivity contribution >= 4 is 17.2 Å². The average molecular weight is 414 g/mol. The van der Waals surface area contributed by atoms with E-state index >= 15 is 0 Å². The zero-order valence-electron chi connectivity index (χ0n) is 17.7. The average Bonchev–Trinajstić information content (AvgIpc) is 2.83. The standard InChI is InChI=1S/C26H27N3O2/c1-2-3-10-17-31-22-15-16-24(25(30)18-22)29-19-23(20-11-6-4-7-12-20)27-26(28-29)21-13-8-5-9-14-21/h4-9,11-16,18,30H,2-3,10,17,19H2,1H3. The number of aromatic hydroxyl groups is 1. The summed E-state index contributed by atoms with van der Waals surface area (Å²) >= 11 is 0. The Labute approximate surface area is 183 Å². The number of hydrazone groups is 1. The highest BCUT2D eigenvalue weighted by molar-refractivity contribution is 6.15. The molecule has 0 spiro atoms. The Bertz CT molecular complexity index is 1060. The maximum Gasteiger partial charge on any atom is 0.179 e. The van der Waals surface area contributed by atoms with E-state index in [9.17, 15) is 5.11 Å². The zero-order valence-corrected chi connectivity index (χ0v) is 17.7. The van der Waals surface area contributed by atoms with E-state index in [4.69, 9.17) is 14.8 Å². The zero-order chi connectivity index (χ0) is 21.5. The quantitative estimate of drug-likeness (QED) is 0.487. The third kappa shape index (κ3) is 5.12. The molecule has 0 bridgehead atoms. The highest BCUT2D eigenvalue weighted by Crippen LogP contribution is 2.33. The van der Waals surface area contributed by atoms with Crippen molar-refractivity contribution < 1.29 is 9.84 Å². The molecular formula is C26H27N3O2. The molecule has 3 aromatic carbocycles. The monoisotopic (exact) mass is 413 g/mol. The lowest BCUT2D eigenvalue weighted by atomic mass is 10.1. The maximum absolute atomic E-state index is 10.7. The van der Waals surface area contributed by atoms with Gasteiger partial charge in [0.25, 0.3) is 0 Å². The second-order valence-corrected chi connectivity index (χ2v) is 7.48. The third-order valence-corrected chi connectivity index (χ3v) is 5.14. The summed E-state index contributed by atoms with van der Waals surface area (Å²) in [5.74, 6) is 1.42. The smallest absolute Gasteiger partial charge is 0.179 e. The number of ether oxygens (including phenoxy) is 1. The molecule has 0 aromatic heterocycles. The van der Waals surface area contributed by atoms with Crippen LogP contribution < -0.4 is 9.75 Å². The Morgan fingerprint density at radius 2 is 1.61 bits per heavy atom. The Kier molecular flexibility index (Phi) is 6.62. The van der Waals surface area contributed by atoms with Crippen LogP contribution in [0.25, 0.3) is 0 Å². The Morgan fingerprint density at radius 3 is 2.29 bits per heavy atom. The molecule has 158 valence electrons. The number of hydrogen-bond donors (Lipinski definition) is 1. The van der Waals surface area contributed by atoms with Crippen LogP contribution in [0, 0.1) is 0 Å². The number of phenolic OH excluding ortho intramolecular Hbond substituents is 1. The van der Waals surface area contributed by atoms with E-state index in [-0.39, 0.29) is 5.75 Å². The van der Waals surface area contributed by atoms with E-state index in [2.05, 4.69) is 6.92 Å². The van der Waals surface area contributed by atoms with E-state index in [1.165, 1.54) is 0 Å². The first kappa shape index (κ1) is 20.7. The lowest BCUT2D eigenvalue weighted by molar-refractivity contribution is 0.304. The molecule has 4 rings (SSSR count). The summed E-state index contributed by atoms with van der Waals surface area (Å²) < 4.78 is 5.77. The van der Waals surface area contributed by atoms with Gasteiger partial charge in [-0.15, -0.1) is 0 Å². The molecule has 1 aliphatic heterocycles. The van der Waals surface area contributed by atoms with E-state index in [1.807, 2.05) is 72.8 Å². The van der Waals surface area contributed by atoms with Gasteiger partial charge in [0.15, 0.2) is 5.84 Å². The maximum atomic E-state index is 10.7. The minimum atomic E-state index is 0.137. The fourth-order valence-electron chi connectivity index (χ4n) is 3.47. The largest absolute Gasteiger partial charge is 0.506 e. The first-order chi connectivity index (χ1) is 15.2. The molecule has 1 heterocycles. The van der Waals surface area contributed by atoms with Crippen molar-refractivity contribution in [1.29, 1.82) is 0 Å². The second kappa shape index (κ2) is 9.94. The van der Waals surface area contributed by atoms with Gasteiger partial charge in [-0.05, 0) is 24.1 Å². The lowest BCUT2D eigenvalue weighted by Crippen LogP contribution is -2.31. The lowest BCUT2D eigenvalue weighted by Gasteiger charge is -2.26. The number of phenols is 1. The van der Waals surface area contributed by atoms with Crippen LogP contribution in [0.4, 0.5) is 5.69 Å². The van der Waals surface area contributed by atoms with Crippen molar-refractivity contribution in [3.63, 3.8) is 0 Å². The number of unbranched alkanes of at least 4 members (excludes halogenated alkanes) is 2. The van der Waals surface area contributed by atoms with Crippen LogP contribution >= 0.6 is 0 Å². The number of hydrogen-bond acceptors (Lipinski definition) is 5. The van der Waals surface area contributed by atoms with Crippen LogP contribution in [0.1, 0.15) is 37.3 Å². The van der Waals surface area contributed by atoms with Crippen LogP contribution in [0.15, 0.2) is 89.0 Å². The first-order valence-corrected chi connectivity index (χ1v) is 10.7. The van der Waals surface area contributed by atoms with Gasteiger partial charge in [0.05, 0.1) is 18.9 Å². The molecule has 3 aromatic rings. The number of nitrogens with zero attached hydrogens (tertiary/aromatic N) is 3. The van der Waals surface area contributed by atoms with Crippen LogP contribution in [-0.2, 0) is 0 Å². The highest BCUT2D eigenvalue weighted by Gasteiger charge is 2.21. The van der Waals surface area contributed by atoms with E-state index in [1.54, 1.807) is 11.1 Å². The Morgan fingerprint density at radius 1 is 0.903 bits per heavy atom. The summed E-state index contributed by atoms with van der Waals surface area (Å²) in [5, 5.41) is 17.3. The molecule has 0 radical (unpaired) electrons. The third-order valence-electron chi connectivity index (χ3n) is 5.14. The molecular weight excluding hydrogens is 386 g/mol. The second-order valence-electron chi connectivity index (χ2n) is 7.48. The Hall–Kier alpha value is -3.60. The SMILES string of the molecule is CCCCCOc1ccc(N2CC(c3ccccc3)=NC(c3ccccc3)=N2)c(O)c1. The molecule has 0 aliphatic carbocycles. The Balaban J connectivity index is 1.63. The van der Waals surface area contributed by atoms with E-state index in [0.717, 1.165) is 36.1 Å². The summed E-state index contributed by atoms with van der Waals surface area (Å²) in [7, 11) is 0. The van der Waals surface area contributed by atoms with Gasteiger partial charge >= 0.3 is 0 Å². The predicted octanol–water partition coefficient (Wildman–Crippen LogP) is 5.63. The number of amidine groups is 1. The van der Waals surface area contributed by atoms with Crippen LogP contribution in [0.3, 0.4) is 0 Å². The predicted molar refractivity (Wildman–Crippen MR) is 126 cm³/mol. The topological polar surface area (TPSA) is 57.4 Å². The van der Waals surface area contributed by atoms with Crippen molar-refractivity contribution in [3.8, 4) is 11.5 Å². The molecule has 0 amide bonds. The van der Waals surface area contributed by atoms with Crippen LogP contribution in [0.2, 0.25) is 0 Å². The summed E-state index contributed by atoms with van der Waals surface area (Å²) in [5.41, 5.74) is 3.48. The van der Waals surface area contributed by atoms with Crippen LogP contribution in [-0.4, -0.2) is 29.8 Å². The van der Waals surface area contributed by atoms with Crippen molar-refractivity contribution in [3.05, 3.63) is 90.0 Å². The van der Waals surface area contributed by atoms with Gasteiger partial charge < -0.3 is 9.84 Å². The van der Waals surface area contributed by atoms with Gasteiger partial charge in [0.2, 0.25) is 0 Å². The minimum Gasteiger partial charge on any atom is -0.506 e. The highest BCUT2D eigenvalue weighted by atomic mass is 16.5. The van der Waals surface area contributed by atoms with Gasteiger partial charge in [-0.25, -0.2) is 4.99 Å². The van der Waals surface area contributed by atoms with Gasteiger partial charge in [-0.3, -0.25) is 5.01 Å². The van der Waals surface area contributed by atoms with Crippen molar-refractivity contribution in [2.45, 2.75) is 26.2 Å². The van der Waals surface area contributed by atoms with Gasteiger partial charge in [-0.2, -0.15) is 5.10 Å². The van der Waals surface area contributed by atoms with Gasteiger partial charge in [0.1, 0.15) is 17.2 Å². The fraction of sp³-hybridized carbons (Fsp3) is 0.231. The summed E-state index contributed by atoms with van der Waals surface area (Å²) in [6, 6.07) is 25.3. The molecule has 5 nitrogen and oxygen atoms in total. The normalized spacial score (nSPS) is 13.5. The minimum absolute atomic E-state index is 0.137. The number of anilines is 1. The van der Waals surface area contributed by atoms with Crippen molar-refractivity contribution in [2.24, 2.45) is 10.1 Å². The van der Waals surface area contributed by atoms with Crippen molar-refractivity contribution in [2.75, 3.05) is 18.2 Å². The molecule has 0 fully saturated rings. The molecule has 5 heteroatoms. The molecule has 0 saturated heterocycles. The molecule has 0 saturated carbocycles. The van der Waals surface area contributed by atoms with E-state index < -0.39 is 0 Å². The molecule has 0 atom stereocenters. The fourth-order valence-corrected chi connectivity index (χ4v) is 3.47. The number of aliphatic imine (C=N–C) groups is 1. The van der Waals surface area contributed by atoms with Gasteiger partial charge in [0, 0.05) is 11.6 Å². The first-order valence-electron chi connectivity index (χ1n) is 10.7. The summed E-state index contributed by atoms with van der Waals surface area (Å²) in [6.45, 7) is 3.28. The molecule has 1 N–H and O–H groups in total.